The SMILES string of the molecule is Cc1cc(OCC(=O)Nc2cccc(OCC#N)c2)c(C(C)C)cc1Cl. The Hall–Kier alpha value is -2.71. The third-order valence-corrected chi connectivity index (χ3v) is 4.10. The van der Waals surface area contributed by atoms with E-state index in [4.69, 9.17) is 26.3 Å². The van der Waals surface area contributed by atoms with Crippen molar-refractivity contribution in [1.82, 2.24) is 0 Å². The Morgan fingerprint density at radius 2 is 2.04 bits per heavy atom. The van der Waals surface area contributed by atoms with Gasteiger partial charge in [-0.05, 0) is 48.2 Å². The summed E-state index contributed by atoms with van der Waals surface area (Å²) in [6.45, 7) is 5.81. The fourth-order valence-electron chi connectivity index (χ4n) is 2.37. The van der Waals surface area contributed by atoms with Gasteiger partial charge in [-0.25, -0.2) is 0 Å². The summed E-state index contributed by atoms with van der Waals surface area (Å²) in [4.78, 5) is 12.2. The van der Waals surface area contributed by atoms with Crippen molar-refractivity contribution in [3.05, 3.63) is 52.5 Å². The van der Waals surface area contributed by atoms with Gasteiger partial charge in [0.05, 0.1) is 0 Å². The fourth-order valence-corrected chi connectivity index (χ4v) is 2.54. The van der Waals surface area contributed by atoms with Crippen LogP contribution in [0, 0.1) is 18.3 Å². The van der Waals surface area contributed by atoms with E-state index in [1.54, 1.807) is 24.3 Å². The number of hydrogen-bond acceptors (Lipinski definition) is 4. The third-order valence-electron chi connectivity index (χ3n) is 3.69. The zero-order valence-electron chi connectivity index (χ0n) is 15.0. The highest BCUT2D eigenvalue weighted by molar-refractivity contribution is 6.31. The van der Waals surface area contributed by atoms with E-state index < -0.39 is 0 Å². The number of nitrogens with one attached hydrogen (secondary N) is 1. The van der Waals surface area contributed by atoms with E-state index in [1.807, 2.05) is 39.0 Å². The summed E-state index contributed by atoms with van der Waals surface area (Å²) in [5, 5.41) is 12.0. The molecule has 0 aliphatic rings. The lowest BCUT2D eigenvalue weighted by molar-refractivity contribution is -0.118. The van der Waals surface area contributed by atoms with Crippen LogP contribution in [-0.4, -0.2) is 19.1 Å². The van der Waals surface area contributed by atoms with Crippen LogP contribution in [0.15, 0.2) is 36.4 Å². The fraction of sp³-hybridized carbons (Fsp3) is 0.300. The van der Waals surface area contributed by atoms with Gasteiger partial charge in [0.1, 0.15) is 17.6 Å². The quantitative estimate of drug-likeness (QED) is 0.765. The number of carbonyl (C=O) groups excluding carboxylic acids is 1. The molecule has 0 bridgehead atoms. The summed E-state index contributed by atoms with van der Waals surface area (Å²) in [6, 6.07) is 12.5. The Kier molecular flexibility index (Phi) is 6.88. The second kappa shape index (κ2) is 9.12. The maximum absolute atomic E-state index is 12.2. The van der Waals surface area contributed by atoms with Gasteiger partial charge >= 0.3 is 0 Å². The molecule has 5 nitrogen and oxygen atoms in total. The van der Waals surface area contributed by atoms with Crippen LogP contribution in [0.2, 0.25) is 5.02 Å². The van der Waals surface area contributed by atoms with Gasteiger partial charge in [-0.2, -0.15) is 5.26 Å². The van der Waals surface area contributed by atoms with Gasteiger partial charge in [-0.15, -0.1) is 0 Å². The highest BCUT2D eigenvalue weighted by atomic mass is 35.5. The summed E-state index contributed by atoms with van der Waals surface area (Å²) >= 11 is 6.18. The Balaban J connectivity index is 2.01. The Labute approximate surface area is 158 Å². The monoisotopic (exact) mass is 372 g/mol. The first-order chi connectivity index (χ1) is 12.4. The van der Waals surface area contributed by atoms with Gasteiger partial charge in [-0.1, -0.05) is 31.5 Å². The Morgan fingerprint density at radius 1 is 1.27 bits per heavy atom. The van der Waals surface area contributed by atoms with Gasteiger partial charge in [-0.3, -0.25) is 4.79 Å². The van der Waals surface area contributed by atoms with Crippen LogP contribution in [0.1, 0.15) is 30.9 Å². The number of amides is 1. The molecule has 0 saturated heterocycles. The van der Waals surface area contributed by atoms with E-state index >= 15 is 0 Å². The number of halogens is 1. The van der Waals surface area contributed by atoms with Crippen molar-refractivity contribution in [2.75, 3.05) is 18.5 Å². The predicted molar refractivity (Wildman–Crippen MR) is 102 cm³/mol. The second-order valence-corrected chi connectivity index (χ2v) is 6.51. The van der Waals surface area contributed by atoms with E-state index in [9.17, 15) is 4.79 Å². The van der Waals surface area contributed by atoms with E-state index in [-0.39, 0.29) is 25.0 Å². The number of aryl methyl sites for hydroxylation is 1. The molecule has 136 valence electrons. The number of nitriles is 1. The first-order valence-electron chi connectivity index (χ1n) is 8.23. The summed E-state index contributed by atoms with van der Waals surface area (Å²) in [6.07, 6.45) is 0. The number of nitrogens with zero attached hydrogens (tertiary/aromatic N) is 1. The maximum Gasteiger partial charge on any atom is 0.262 e. The summed E-state index contributed by atoms with van der Waals surface area (Å²) in [5.74, 6) is 1.11. The highest BCUT2D eigenvalue weighted by Crippen LogP contribution is 2.32. The molecular weight excluding hydrogens is 352 g/mol. The maximum atomic E-state index is 12.2. The molecule has 0 unspecified atom stereocenters. The summed E-state index contributed by atoms with van der Waals surface area (Å²) < 4.78 is 10.9. The molecule has 0 spiro atoms. The molecule has 0 atom stereocenters. The molecule has 0 aromatic heterocycles. The molecule has 1 N–H and O–H groups in total. The number of benzene rings is 2. The van der Waals surface area contributed by atoms with Crippen LogP contribution in [0.3, 0.4) is 0 Å². The average molecular weight is 373 g/mol. The standard InChI is InChI=1S/C20H21ClN2O3/c1-13(2)17-11-18(21)14(3)9-19(17)26-12-20(24)23-15-5-4-6-16(10-15)25-8-7-22/h4-6,9-11,13H,8,12H2,1-3H3,(H,23,24). The Morgan fingerprint density at radius 3 is 2.73 bits per heavy atom. The van der Waals surface area contributed by atoms with Gasteiger partial charge < -0.3 is 14.8 Å². The van der Waals surface area contributed by atoms with Crippen molar-refractivity contribution in [3.63, 3.8) is 0 Å². The van der Waals surface area contributed by atoms with Gasteiger partial charge in [0.2, 0.25) is 0 Å². The lowest BCUT2D eigenvalue weighted by Gasteiger charge is -2.16. The number of ether oxygens (including phenoxy) is 2. The smallest absolute Gasteiger partial charge is 0.262 e. The predicted octanol–water partition coefficient (Wildman–Crippen LogP) is 4.69. The van der Waals surface area contributed by atoms with Crippen molar-refractivity contribution in [2.24, 2.45) is 0 Å². The minimum atomic E-state index is -0.287. The van der Waals surface area contributed by atoms with Crippen molar-refractivity contribution in [2.45, 2.75) is 26.7 Å². The van der Waals surface area contributed by atoms with Crippen LogP contribution >= 0.6 is 11.6 Å². The van der Waals surface area contributed by atoms with Crippen LogP contribution in [-0.2, 0) is 4.79 Å². The lowest BCUT2D eigenvalue weighted by Crippen LogP contribution is -2.20. The normalized spacial score (nSPS) is 10.3. The molecular formula is C20H21ClN2O3. The molecule has 26 heavy (non-hydrogen) atoms. The molecule has 6 heteroatoms. The van der Waals surface area contributed by atoms with Gasteiger partial charge in [0.15, 0.2) is 13.2 Å². The molecule has 2 rings (SSSR count). The van der Waals surface area contributed by atoms with E-state index in [1.165, 1.54) is 0 Å². The number of hydrogen-bond donors (Lipinski definition) is 1. The summed E-state index contributed by atoms with van der Waals surface area (Å²) in [5.41, 5.74) is 2.43. The molecule has 2 aromatic carbocycles. The average Bonchev–Trinajstić information content (AvgIpc) is 2.60. The Bertz CT molecular complexity index is 828. The van der Waals surface area contributed by atoms with Crippen LogP contribution in [0.4, 0.5) is 5.69 Å². The molecule has 0 heterocycles. The second-order valence-electron chi connectivity index (χ2n) is 6.11. The molecule has 0 aliphatic heterocycles. The van der Waals surface area contributed by atoms with E-state index in [2.05, 4.69) is 5.32 Å². The zero-order chi connectivity index (χ0) is 19.1. The van der Waals surface area contributed by atoms with Crippen molar-refractivity contribution < 1.29 is 14.3 Å². The minimum absolute atomic E-state index is 0.0472. The van der Waals surface area contributed by atoms with Crippen LogP contribution in [0.25, 0.3) is 0 Å². The van der Waals surface area contributed by atoms with E-state index in [0.29, 0.717) is 22.2 Å². The lowest BCUT2D eigenvalue weighted by atomic mass is 10.0. The minimum Gasteiger partial charge on any atom is -0.483 e. The molecule has 0 saturated carbocycles. The van der Waals surface area contributed by atoms with Crippen molar-refractivity contribution in [3.8, 4) is 17.6 Å². The first kappa shape index (κ1) is 19.6. The van der Waals surface area contributed by atoms with Crippen molar-refractivity contribution in [1.29, 1.82) is 5.26 Å². The van der Waals surface area contributed by atoms with Crippen molar-refractivity contribution >= 4 is 23.2 Å². The third kappa shape index (κ3) is 5.40. The molecule has 1 amide bonds. The summed E-state index contributed by atoms with van der Waals surface area (Å²) in [7, 11) is 0. The van der Waals surface area contributed by atoms with Crippen LogP contribution < -0.4 is 14.8 Å². The largest absolute Gasteiger partial charge is 0.483 e. The molecule has 2 aromatic rings. The molecule has 0 radical (unpaired) electrons. The highest BCUT2D eigenvalue weighted by Gasteiger charge is 2.13. The number of anilines is 1. The zero-order valence-corrected chi connectivity index (χ0v) is 15.8. The van der Waals surface area contributed by atoms with E-state index in [0.717, 1.165) is 11.1 Å². The number of rotatable bonds is 7. The van der Waals surface area contributed by atoms with Crippen LogP contribution in [0.5, 0.6) is 11.5 Å². The topological polar surface area (TPSA) is 71.3 Å². The van der Waals surface area contributed by atoms with Gasteiger partial charge in [0, 0.05) is 16.8 Å². The first-order valence-corrected chi connectivity index (χ1v) is 8.61. The van der Waals surface area contributed by atoms with Gasteiger partial charge in [0.25, 0.3) is 5.91 Å². The number of carbonyl (C=O) groups is 1. The molecule has 0 fully saturated rings. The molecule has 0 aliphatic carbocycles.